The van der Waals surface area contributed by atoms with Crippen LogP contribution in [0.4, 0.5) is 0 Å². The third-order valence-corrected chi connectivity index (χ3v) is 4.88. The van der Waals surface area contributed by atoms with Crippen LogP contribution in [0.5, 0.6) is 5.75 Å². The summed E-state index contributed by atoms with van der Waals surface area (Å²) in [6.07, 6.45) is 10.2. The van der Waals surface area contributed by atoms with Gasteiger partial charge in [0.05, 0.1) is 6.10 Å². The van der Waals surface area contributed by atoms with Crippen molar-refractivity contribution in [2.75, 3.05) is 0 Å². The van der Waals surface area contributed by atoms with E-state index in [4.69, 9.17) is 4.74 Å². The Morgan fingerprint density at radius 2 is 2.00 bits per heavy atom. The number of benzene rings is 1. The largest absolute Gasteiger partial charge is 0.490 e. The van der Waals surface area contributed by atoms with Gasteiger partial charge in [-0.2, -0.15) is 0 Å². The van der Waals surface area contributed by atoms with Crippen molar-refractivity contribution in [1.82, 2.24) is 4.98 Å². The van der Waals surface area contributed by atoms with Crippen molar-refractivity contribution in [3.8, 4) is 16.9 Å². The molecule has 2 nitrogen and oxygen atoms in total. The van der Waals surface area contributed by atoms with Gasteiger partial charge in [-0.05, 0) is 62.3 Å². The Bertz CT molecular complexity index is 741. The molecule has 0 aliphatic heterocycles. The summed E-state index contributed by atoms with van der Waals surface area (Å²) < 4.78 is 6.14. The van der Waals surface area contributed by atoms with Crippen LogP contribution in [-0.4, -0.2) is 11.1 Å². The average Bonchev–Trinajstić information content (AvgIpc) is 3.45. The first-order valence-corrected chi connectivity index (χ1v) is 8.53. The van der Waals surface area contributed by atoms with Crippen molar-refractivity contribution in [1.29, 1.82) is 0 Å². The van der Waals surface area contributed by atoms with E-state index in [0.29, 0.717) is 6.10 Å². The van der Waals surface area contributed by atoms with Gasteiger partial charge in [0.1, 0.15) is 5.75 Å². The van der Waals surface area contributed by atoms with Crippen molar-refractivity contribution < 1.29 is 4.74 Å². The maximum atomic E-state index is 6.14. The fourth-order valence-electron chi connectivity index (χ4n) is 3.48. The van der Waals surface area contributed by atoms with Crippen LogP contribution >= 0.6 is 0 Å². The smallest absolute Gasteiger partial charge is 0.127 e. The van der Waals surface area contributed by atoms with Crippen molar-refractivity contribution in [3.63, 3.8) is 0 Å². The summed E-state index contributed by atoms with van der Waals surface area (Å²) in [6.45, 7) is 6.25. The van der Waals surface area contributed by atoms with Crippen LogP contribution in [0.25, 0.3) is 11.1 Å². The van der Waals surface area contributed by atoms with Crippen LogP contribution < -0.4 is 4.74 Å². The van der Waals surface area contributed by atoms with Crippen LogP contribution in [0.1, 0.15) is 44.6 Å². The first-order valence-electron chi connectivity index (χ1n) is 8.53. The molecule has 0 spiro atoms. The highest BCUT2D eigenvalue weighted by atomic mass is 16.5. The van der Waals surface area contributed by atoms with Crippen LogP contribution in [0.3, 0.4) is 0 Å². The zero-order valence-corrected chi connectivity index (χ0v) is 13.7. The predicted octanol–water partition coefficient (Wildman–Crippen LogP) is 5.29. The molecule has 0 bridgehead atoms. The maximum Gasteiger partial charge on any atom is 0.127 e. The third-order valence-electron chi connectivity index (χ3n) is 4.88. The summed E-state index contributed by atoms with van der Waals surface area (Å²) in [5.41, 5.74) is 5.32. The van der Waals surface area contributed by atoms with E-state index in [9.17, 15) is 0 Å². The molecule has 0 amide bonds. The molecule has 0 unspecified atom stereocenters. The molecule has 2 saturated carbocycles. The van der Waals surface area contributed by atoms with Crippen LogP contribution in [-0.2, 0) is 5.41 Å². The summed E-state index contributed by atoms with van der Waals surface area (Å²) >= 11 is 0. The molecule has 23 heavy (non-hydrogen) atoms. The molecular formula is C21H23NO. The van der Waals surface area contributed by atoms with Gasteiger partial charge in [0.25, 0.3) is 0 Å². The first-order chi connectivity index (χ1) is 11.2. The number of pyridine rings is 1. The molecule has 0 atom stereocenters. The second-order valence-electron chi connectivity index (χ2n) is 7.15. The van der Waals surface area contributed by atoms with Gasteiger partial charge in [-0.15, -0.1) is 6.58 Å². The Morgan fingerprint density at radius 3 is 2.70 bits per heavy atom. The minimum Gasteiger partial charge on any atom is -0.490 e. The van der Waals surface area contributed by atoms with E-state index in [1.165, 1.54) is 47.9 Å². The Morgan fingerprint density at radius 1 is 1.22 bits per heavy atom. The summed E-state index contributed by atoms with van der Waals surface area (Å²) in [7, 11) is 0. The number of ether oxygens (including phenoxy) is 1. The predicted molar refractivity (Wildman–Crippen MR) is 93.7 cm³/mol. The summed E-state index contributed by atoms with van der Waals surface area (Å²) in [5, 5.41) is 0. The highest BCUT2D eigenvalue weighted by Gasteiger charge is 2.45. The molecule has 1 aromatic carbocycles. The average molecular weight is 305 g/mol. The molecule has 2 fully saturated rings. The lowest BCUT2D eigenvalue weighted by Crippen LogP contribution is -2.10. The Balaban J connectivity index is 1.77. The zero-order chi connectivity index (χ0) is 15.9. The molecule has 1 heterocycles. The number of hydrogen-bond acceptors (Lipinski definition) is 2. The molecule has 2 aliphatic carbocycles. The lowest BCUT2D eigenvalue weighted by atomic mass is 9.85. The molecule has 0 saturated heterocycles. The minimum absolute atomic E-state index is 0.238. The number of allylic oxidation sites excluding steroid dienone is 1. The van der Waals surface area contributed by atoms with E-state index in [-0.39, 0.29) is 5.41 Å². The van der Waals surface area contributed by atoms with Crippen molar-refractivity contribution >= 4 is 0 Å². The number of para-hydroxylation sites is 1. The van der Waals surface area contributed by atoms with Crippen LogP contribution in [0.15, 0.2) is 54.9 Å². The van der Waals surface area contributed by atoms with Gasteiger partial charge in [-0.1, -0.05) is 23.8 Å². The van der Waals surface area contributed by atoms with Crippen molar-refractivity contribution in [2.24, 2.45) is 0 Å². The third kappa shape index (κ3) is 2.90. The molecule has 2 aliphatic rings. The summed E-state index contributed by atoms with van der Waals surface area (Å²) in [6, 6.07) is 10.6. The Labute approximate surface area is 138 Å². The summed E-state index contributed by atoms with van der Waals surface area (Å²) in [5.74, 6) is 1.01. The lowest BCUT2D eigenvalue weighted by Gasteiger charge is -2.21. The number of hydrogen-bond donors (Lipinski definition) is 0. The van der Waals surface area contributed by atoms with Crippen molar-refractivity contribution in [2.45, 2.75) is 50.5 Å². The lowest BCUT2D eigenvalue weighted by molar-refractivity contribution is 0.304. The van der Waals surface area contributed by atoms with Gasteiger partial charge in [0, 0.05) is 23.4 Å². The first kappa shape index (κ1) is 14.5. The van der Waals surface area contributed by atoms with Gasteiger partial charge in [-0.3, -0.25) is 4.98 Å². The quantitative estimate of drug-likeness (QED) is 0.677. The second kappa shape index (κ2) is 5.52. The number of aromatic nitrogens is 1. The van der Waals surface area contributed by atoms with Gasteiger partial charge in [0.15, 0.2) is 0 Å². The van der Waals surface area contributed by atoms with E-state index in [1.807, 2.05) is 6.20 Å². The fraction of sp³-hybridized carbons (Fsp3) is 0.381. The molecule has 0 N–H and O–H groups in total. The standard InChI is InChI=1S/C21H23NO/c1-15(2)13-21(10-11-21)19-14-22-12-9-17(19)18-5-3-4-6-20(18)23-16-7-8-16/h3-6,9,12,14,16H,1,7-8,10-11,13H2,2H3. The zero-order valence-electron chi connectivity index (χ0n) is 13.7. The fourth-order valence-corrected chi connectivity index (χ4v) is 3.48. The molecule has 0 radical (unpaired) electrons. The molecular weight excluding hydrogens is 282 g/mol. The van der Waals surface area contributed by atoms with E-state index in [1.54, 1.807) is 0 Å². The Hall–Kier alpha value is -2.09. The molecule has 4 rings (SSSR count). The molecule has 2 heteroatoms. The van der Waals surface area contributed by atoms with Crippen LogP contribution in [0.2, 0.25) is 0 Å². The SMILES string of the molecule is C=C(C)CC1(c2cnccc2-c2ccccc2OC2CC2)CC1. The highest BCUT2D eigenvalue weighted by Crippen LogP contribution is 2.55. The van der Waals surface area contributed by atoms with E-state index in [0.717, 1.165) is 12.2 Å². The Kier molecular flexibility index (Phi) is 3.48. The normalized spacial score (nSPS) is 18.5. The van der Waals surface area contributed by atoms with Crippen LogP contribution in [0, 0.1) is 0 Å². The second-order valence-corrected chi connectivity index (χ2v) is 7.15. The van der Waals surface area contributed by atoms with Gasteiger partial charge in [0.2, 0.25) is 0 Å². The minimum atomic E-state index is 0.238. The maximum absolute atomic E-state index is 6.14. The van der Waals surface area contributed by atoms with E-state index < -0.39 is 0 Å². The highest BCUT2D eigenvalue weighted by molar-refractivity contribution is 5.74. The monoisotopic (exact) mass is 305 g/mol. The van der Waals surface area contributed by atoms with Crippen molar-refractivity contribution in [3.05, 3.63) is 60.4 Å². The molecule has 1 aromatic heterocycles. The van der Waals surface area contributed by atoms with E-state index in [2.05, 4.69) is 55.0 Å². The van der Waals surface area contributed by atoms with Gasteiger partial charge in [-0.25, -0.2) is 0 Å². The van der Waals surface area contributed by atoms with Gasteiger partial charge < -0.3 is 4.74 Å². The van der Waals surface area contributed by atoms with E-state index >= 15 is 0 Å². The molecule has 2 aromatic rings. The summed E-state index contributed by atoms with van der Waals surface area (Å²) in [4.78, 5) is 4.42. The molecule has 118 valence electrons. The number of rotatable bonds is 6. The number of nitrogens with zero attached hydrogens (tertiary/aromatic N) is 1. The van der Waals surface area contributed by atoms with Gasteiger partial charge >= 0.3 is 0 Å². The topological polar surface area (TPSA) is 22.1 Å².